The molecule has 4 aliphatic rings. The number of aliphatic hydroxyl groups is 1. The van der Waals surface area contributed by atoms with Crippen molar-refractivity contribution in [3.63, 3.8) is 0 Å². The zero-order valence-corrected chi connectivity index (χ0v) is 17.7. The van der Waals surface area contributed by atoms with E-state index in [0.717, 1.165) is 19.3 Å². The van der Waals surface area contributed by atoms with E-state index in [0.29, 0.717) is 31.5 Å². The van der Waals surface area contributed by atoms with Crippen LogP contribution in [0.3, 0.4) is 0 Å². The third kappa shape index (κ3) is 2.85. The fourth-order valence-corrected chi connectivity index (χ4v) is 7.61. The summed E-state index contributed by atoms with van der Waals surface area (Å²) < 4.78 is 4.87. The Hall–Kier alpha value is -1.56. The summed E-state index contributed by atoms with van der Waals surface area (Å²) in [6.45, 7) is 4.86. The minimum atomic E-state index is -1.63. The van der Waals surface area contributed by atoms with Gasteiger partial charge in [0, 0.05) is 37.5 Å². The molecule has 4 aliphatic carbocycles. The maximum atomic E-state index is 13.5. The Bertz CT molecular complexity index is 773. The Balaban J connectivity index is 1.64. The quantitative estimate of drug-likeness (QED) is 0.726. The lowest BCUT2D eigenvalue weighted by atomic mass is 9.44. The number of hydrogen-bond acceptors (Lipinski definition) is 6. The zero-order chi connectivity index (χ0) is 21.2. The standard InChI is InChI=1S/C23H32O6/c1-13(24)29-12-19(27)23(28)9-7-17-16-5-4-14-10-15(25)6-8-21(14,2)20(16)18(26)11-22(17,23)3/h14,16-17,20,28H,4-12H2,1-3H3/t14-,16+,17+,20-,21+,22+,23?/m1/s1. The highest BCUT2D eigenvalue weighted by molar-refractivity contribution is 5.93. The molecule has 29 heavy (non-hydrogen) atoms. The van der Waals surface area contributed by atoms with Crippen molar-refractivity contribution in [1.29, 1.82) is 0 Å². The van der Waals surface area contributed by atoms with E-state index in [1.807, 2.05) is 6.92 Å². The van der Waals surface area contributed by atoms with Crippen molar-refractivity contribution in [2.45, 2.75) is 77.7 Å². The molecule has 0 aliphatic heterocycles. The van der Waals surface area contributed by atoms with Crippen LogP contribution in [-0.2, 0) is 23.9 Å². The highest BCUT2D eigenvalue weighted by atomic mass is 16.5. The second-order valence-corrected chi connectivity index (χ2v) is 10.4. The average Bonchev–Trinajstić information content (AvgIpc) is 2.91. The molecular formula is C23H32O6. The van der Waals surface area contributed by atoms with Crippen LogP contribution in [-0.4, -0.2) is 40.6 Å². The molecule has 4 rings (SSSR count). The fourth-order valence-electron chi connectivity index (χ4n) is 7.61. The van der Waals surface area contributed by atoms with E-state index in [2.05, 4.69) is 6.92 Å². The van der Waals surface area contributed by atoms with Crippen LogP contribution in [0.25, 0.3) is 0 Å². The molecule has 0 aromatic rings. The van der Waals surface area contributed by atoms with Gasteiger partial charge < -0.3 is 9.84 Å². The number of Topliss-reactive ketones (excluding diaryl/α,β-unsaturated/α-hetero) is 3. The van der Waals surface area contributed by atoms with Gasteiger partial charge in [-0.05, 0) is 55.3 Å². The predicted molar refractivity (Wildman–Crippen MR) is 104 cm³/mol. The molecule has 0 aromatic heterocycles. The van der Waals surface area contributed by atoms with Gasteiger partial charge in [-0.2, -0.15) is 0 Å². The smallest absolute Gasteiger partial charge is 0.303 e. The van der Waals surface area contributed by atoms with E-state index in [1.165, 1.54) is 6.92 Å². The molecule has 7 atom stereocenters. The Morgan fingerprint density at radius 3 is 2.55 bits per heavy atom. The fraction of sp³-hybridized carbons (Fsp3) is 0.826. The number of rotatable bonds is 3. The number of carbonyl (C=O) groups is 4. The average molecular weight is 405 g/mol. The molecular weight excluding hydrogens is 372 g/mol. The molecule has 4 saturated carbocycles. The van der Waals surface area contributed by atoms with E-state index >= 15 is 0 Å². The van der Waals surface area contributed by atoms with E-state index in [9.17, 15) is 24.3 Å². The van der Waals surface area contributed by atoms with Crippen LogP contribution >= 0.6 is 0 Å². The minimum Gasteiger partial charge on any atom is -0.458 e. The zero-order valence-electron chi connectivity index (χ0n) is 17.7. The van der Waals surface area contributed by atoms with Crippen molar-refractivity contribution in [3.05, 3.63) is 0 Å². The summed E-state index contributed by atoms with van der Waals surface area (Å²) in [5.41, 5.74) is -2.61. The third-order valence-electron chi connectivity index (χ3n) is 9.19. The van der Waals surface area contributed by atoms with E-state index in [4.69, 9.17) is 4.74 Å². The third-order valence-corrected chi connectivity index (χ3v) is 9.19. The number of ether oxygens (including phenoxy) is 1. The Morgan fingerprint density at radius 2 is 1.86 bits per heavy atom. The summed E-state index contributed by atoms with van der Waals surface area (Å²) in [6.07, 6.45) is 4.90. The number of hydrogen-bond donors (Lipinski definition) is 1. The molecule has 6 heteroatoms. The highest BCUT2D eigenvalue weighted by Crippen LogP contribution is 2.67. The monoisotopic (exact) mass is 404 g/mol. The lowest BCUT2D eigenvalue weighted by Crippen LogP contribution is -2.62. The summed E-state index contributed by atoms with van der Waals surface area (Å²) in [6, 6.07) is 0. The number of ketones is 3. The molecule has 0 radical (unpaired) electrons. The summed E-state index contributed by atoms with van der Waals surface area (Å²) in [7, 11) is 0. The van der Waals surface area contributed by atoms with Gasteiger partial charge >= 0.3 is 5.97 Å². The molecule has 1 unspecified atom stereocenters. The SMILES string of the molecule is CC(=O)OCC(=O)C1(O)CC[C@H]2[C@@H]3CC[C@@H]4CC(=O)CC[C@]4(C)[C@H]3C(=O)C[C@@]21C. The molecule has 0 heterocycles. The van der Waals surface area contributed by atoms with Crippen molar-refractivity contribution in [3.8, 4) is 0 Å². The Labute approximate surface area is 171 Å². The van der Waals surface area contributed by atoms with Crippen LogP contribution in [0.1, 0.15) is 72.1 Å². The number of carbonyl (C=O) groups excluding carboxylic acids is 4. The number of esters is 1. The molecule has 0 bridgehead atoms. The first kappa shape index (κ1) is 20.7. The molecule has 4 fully saturated rings. The molecule has 0 spiro atoms. The van der Waals surface area contributed by atoms with Gasteiger partial charge in [0.2, 0.25) is 5.78 Å². The van der Waals surface area contributed by atoms with Crippen LogP contribution in [0.2, 0.25) is 0 Å². The molecule has 6 nitrogen and oxygen atoms in total. The van der Waals surface area contributed by atoms with Crippen molar-refractivity contribution < 1.29 is 29.0 Å². The summed E-state index contributed by atoms with van der Waals surface area (Å²) in [4.78, 5) is 49.5. The van der Waals surface area contributed by atoms with Crippen molar-refractivity contribution >= 4 is 23.3 Å². The van der Waals surface area contributed by atoms with Gasteiger partial charge in [0.15, 0.2) is 6.61 Å². The van der Waals surface area contributed by atoms with E-state index in [-0.39, 0.29) is 41.3 Å². The summed E-state index contributed by atoms with van der Waals surface area (Å²) in [5, 5.41) is 11.4. The predicted octanol–water partition coefficient (Wildman–Crippen LogP) is 2.64. The summed E-state index contributed by atoms with van der Waals surface area (Å²) in [5.74, 6) is -0.187. The van der Waals surface area contributed by atoms with Gasteiger partial charge in [-0.25, -0.2) is 0 Å². The van der Waals surface area contributed by atoms with Gasteiger partial charge in [0.25, 0.3) is 0 Å². The maximum Gasteiger partial charge on any atom is 0.303 e. The first-order valence-electron chi connectivity index (χ1n) is 11.0. The van der Waals surface area contributed by atoms with Crippen LogP contribution in [0, 0.1) is 34.5 Å². The Morgan fingerprint density at radius 1 is 1.14 bits per heavy atom. The first-order valence-corrected chi connectivity index (χ1v) is 11.0. The largest absolute Gasteiger partial charge is 0.458 e. The number of fused-ring (bicyclic) bond motifs is 5. The van der Waals surface area contributed by atoms with E-state index in [1.54, 1.807) is 0 Å². The van der Waals surface area contributed by atoms with Gasteiger partial charge in [0.05, 0.1) is 0 Å². The molecule has 160 valence electrons. The lowest BCUT2D eigenvalue weighted by molar-refractivity contribution is -0.180. The van der Waals surface area contributed by atoms with Crippen molar-refractivity contribution in [2.75, 3.05) is 6.61 Å². The Kier molecular flexibility index (Phi) is 4.80. The second-order valence-electron chi connectivity index (χ2n) is 10.4. The highest BCUT2D eigenvalue weighted by Gasteiger charge is 2.69. The summed E-state index contributed by atoms with van der Waals surface area (Å²) >= 11 is 0. The molecule has 0 aromatic carbocycles. The molecule has 0 amide bonds. The minimum absolute atomic E-state index is 0.0849. The van der Waals surface area contributed by atoms with Gasteiger partial charge in [-0.1, -0.05) is 13.8 Å². The van der Waals surface area contributed by atoms with Crippen LogP contribution in [0.15, 0.2) is 0 Å². The van der Waals surface area contributed by atoms with Crippen molar-refractivity contribution in [1.82, 2.24) is 0 Å². The van der Waals surface area contributed by atoms with Crippen LogP contribution in [0.5, 0.6) is 0 Å². The molecule has 1 N–H and O–H groups in total. The van der Waals surface area contributed by atoms with Gasteiger partial charge in [0.1, 0.15) is 17.2 Å². The lowest BCUT2D eigenvalue weighted by Gasteiger charge is -2.59. The van der Waals surface area contributed by atoms with E-state index < -0.39 is 29.4 Å². The van der Waals surface area contributed by atoms with Crippen LogP contribution in [0.4, 0.5) is 0 Å². The van der Waals surface area contributed by atoms with Gasteiger partial charge in [-0.15, -0.1) is 0 Å². The molecule has 0 saturated heterocycles. The topological polar surface area (TPSA) is 97.7 Å². The van der Waals surface area contributed by atoms with Gasteiger partial charge in [-0.3, -0.25) is 19.2 Å². The maximum absolute atomic E-state index is 13.5. The normalized spacial score (nSPS) is 46.5. The first-order chi connectivity index (χ1) is 13.5. The van der Waals surface area contributed by atoms with Crippen LogP contribution < -0.4 is 0 Å². The van der Waals surface area contributed by atoms with Crippen molar-refractivity contribution in [2.24, 2.45) is 34.5 Å². The second kappa shape index (κ2) is 6.73.